The Labute approximate surface area is 152 Å². The number of anilines is 1. The van der Waals surface area contributed by atoms with E-state index in [0.29, 0.717) is 54.5 Å². The minimum Gasteiger partial charge on any atom is -0.379 e. The molecule has 1 fully saturated rings. The van der Waals surface area contributed by atoms with Crippen LogP contribution in [0.15, 0.2) is 35.2 Å². The number of hydrogen-bond donors (Lipinski definition) is 1. The second-order valence-corrected chi connectivity index (χ2v) is 7.96. The van der Waals surface area contributed by atoms with E-state index < -0.39 is 10.0 Å². The second kappa shape index (κ2) is 7.65. The van der Waals surface area contributed by atoms with Crippen molar-refractivity contribution in [3.8, 4) is 0 Å². The van der Waals surface area contributed by atoms with Crippen LogP contribution in [-0.2, 0) is 21.3 Å². The zero-order chi connectivity index (χ0) is 17.9. The van der Waals surface area contributed by atoms with E-state index in [1.807, 2.05) is 0 Å². The molecule has 134 valence electrons. The predicted octanol–water partition coefficient (Wildman–Crippen LogP) is 2.07. The zero-order valence-electron chi connectivity index (χ0n) is 13.8. The van der Waals surface area contributed by atoms with Gasteiger partial charge in [-0.05, 0) is 24.6 Å². The fourth-order valence-corrected chi connectivity index (χ4v) is 4.16. The number of aryl methyl sites for hydroxylation is 1. The third-order valence-corrected chi connectivity index (χ3v) is 5.92. The van der Waals surface area contributed by atoms with Gasteiger partial charge in [-0.3, -0.25) is 0 Å². The summed E-state index contributed by atoms with van der Waals surface area (Å²) in [5.74, 6) is 1.21. The number of nitrogens with one attached hydrogen (secondary N) is 1. The first-order chi connectivity index (χ1) is 11.9. The molecule has 1 aromatic heterocycles. The highest BCUT2D eigenvalue weighted by Gasteiger charge is 2.25. The molecule has 0 bridgehead atoms. The van der Waals surface area contributed by atoms with E-state index in [4.69, 9.17) is 16.3 Å². The number of halogens is 1. The third-order valence-electron chi connectivity index (χ3n) is 3.81. The normalized spacial score (nSPS) is 15.9. The number of morpholine rings is 1. The molecule has 1 N–H and O–H groups in total. The van der Waals surface area contributed by atoms with Crippen molar-refractivity contribution in [2.75, 3.05) is 31.6 Å². The van der Waals surface area contributed by atoms with Crippen molar-refractivity contribution in [1.82, 2.24) is 14.3 Å². The summed E-state index contributed by atoms with van der Waals surface area (Å²) in [5, 5.41) is 3.53. The molecule has 3 rings (SSSR count). The summed E-state index contributed by atoms with van der Waals surface area (Å²) in [6, 6.07) is 8.47. The van der Waals surface area contributed by atoms with Crippen LogP contribution in [0.4, 0.5) is 5.82 Å². The zero-order valence-corrected chi connectivity index (χ0v) is 15.3. The summed E-state index contributed by atoms with van der Waals surface area (Å²) in [4.78, 5) is 8.54. The first-order valence-electron chi connectivity index (χ1n) is 7.87. The van der Waals surface area contributed by atoms with Crippen LogP contribution < -0.4 is 5.32 Å². The van der Waals surface area contributed by atoms with Crippen LogP contribution in [0.3, 0.4) is 0 Å². The molecule has 25 heavy (non-hydrogen) atoms. The van der Waals surface area contributed by atoms with E-state index in [2.05, 4.69) is 15.3 Å². The molecule has 1 saturated heterocycles. The number of sulfonamides is 1. The van der Waals surface area contributed by atoms with E-state index >= 15 is 0 Å². The van der Waals surface area contributed by atoms with Crippen molar-refractivity contribution >= 4 is 27.4 Å². The third kappa shape index (κ3) is 4.46. The SMILES string of the molecule is Cc1nc(Cl)cc(NCc2ccc(S(=O)(=O)N3CCOCC3)cc2)n1. The van der Waals surface area contributed by atoms with Gasteiger partial charge in [0.1, 0.15) is 16.8 Å². The minimum absolute atomic E-state index is 0.291. The Kier molecular flexibility index (Phi) is 5.53. The lowest BCUT2D eigenvalue weighted by molar-refractivity contribution is 0.0730. The smallest absolute Gasteiger partial charge is 0.243 e. The van der Waals surface area contributed by atoms with E-state index in [0.717, 1.165) is 5.56 Å². The van der Waals surface area contributed by atoms with Gasteiger partial charge in [0.2, 0.25) is 10.0 Å². The summed E-state index contributed by atoms with van der Waals surface area (Å²) >= 11 is 5.91. The van der Waals surface area contributed by atoms with Crippen LogP contribution in [0.25, 0.3) is 0 Å². The standard InChI is InChI=1S/C16H19ClN4O3S/c1-12-19-15(17)10-16(20-12)18-11-13-2-4-14(5-3-13)25(22,23)21-6-8-24-9-7-21/h2-5,10H,6-9,11H2,1H3,(H,18,19,20). The Morgan fingerprint density at radius 3 is 2.52 bits per heavy atom. The maximum absolute atomic E-state index is 12.6. The molecule has 1 aromatic carbocycles. The molecule has 0 spiro atoms. The van der Waals surface area contributed by atoms with Crippen molar-refractivity contribution in [2.24, 2.45) is 0 Å². The fraction of sp³-hybridized carbons (Fsp3) is 0.375. The first kappa shape index (κ1) is 18.1. The van der Waals surface area contributed by atoms with Crippen LogP contribution in [0, 0.1) is 6.92 Å². The highest BCUT2D eigenvalue weighted by molar-refractivity contribution is 7.89. The fourth-order valence-electron chi connectivity index (χ4n) is 2.53. The van der Waals surface area contributed by atoms with Gasteiger partial charge < -0.3 is 10.1 Å². The van der Waals surface area contributed by atoms with Crippen LogP contribution in [0.2, 0.25) is 5.15 Å². The van der Waals surface area contributed by atoms with E-state index in [-0.39, 0.29) is 0 Å². The summed E-state index contributed by atoms with van der Waals surface area (Å²) in [6.45, 7) is 3.91. The molecule has 0 unspecified atom stereocenters. The van der Waals surface area contributed by atoms with E-state index in [1.54, 1.807) is 37.3 Å². The lowest BCUT2D eigenvalue weighted by Crippen LogP contribution is -2.40. The quantitative estimate of drug-likeness (QED) is 0.797. The molecule has 1 aliphatic rings. The van der Waals surface area contributed by atoms with E-state index in [1.165, 1.54) is 4.31 Å². The van der Waals surface area contributed by atoms with Crippen molar-refractivity contribution < 1.29 is 13.2 Å². The Bertz CT molecular complexity index is 817. The number of rotatable bonds is 5. The molecule has 0 aliphatic carbocycles. The summed E-state index contributed by atoms with van der Waals surface area (Å²) in [7, 11) is -3.46. The van der Waals surface area contributed by atoms with Crippen molar-refractivity contribution in [3.63, 3.8) is 0 Å². The van der Waals surface area contributed by atoms with Crippen molar-refractivity contribution in [2.45, 2.75) is 18.4 Å². The molecule has 0 radical (unpaired) electrons. The number of aromatic nitrogens is 2. The Balaban J connectivity index is 1.67. The summed E-state index contributed by atoms with van der Waals surface area (Å²) < 4.78 is 31.8. The first-order valence-corrected chi connectivity index (χ1v) is 9.69. The average molecular weight is 383 g/mol. The maximum atomic E-state index is 12.6. The minimum atomic E-state index is -3.46. The highest BCUT2D eigenvalue weighted by Crippen LogP contribution is 2.18. The van der Waals surface area contributed by atoms with Gasteiger partial charge in [0, 0.05) is 25.7 Å². The number of nitrogens with zero attached hydrogens (tertiary/aromatic N) is 3. The van der Waals surface area contributed by atoms with Gasteiger partial charge in [-0.15, -0.1) is 0 Å². The van der Waals surface area contributed by atoms with Gasteiger partial charge in [-0.1, -0.05) is 23.7 Å². The Hall–Kier alpha value is -1.74. The van der Waals surface area contributed by atoms with Gasteiger partial charge in [-0.2, -0.15) is 4.31 Å². The molecule has 2 heterocycles. The van der Waals surface area contributed by atoms with E-state index in [9.17, 15) is 8.42 Å². The van der Waals surface area contributed by atoms with Gasteiger partial charge >= 0.3 is 0 Å². The Morgan fingerprint density at radius 1 is 1.20 bits per heavy atom. The Morgan fingerprint density at radius 2 is 1.88 bits per heavy atom. The van der Waals surface area contributed by atoms with Crippen LogP contribution in [-0.4, -0.2) is 49.0 Å². The second-order valence-electron chi connectivity index (χ2n) is 5.64. The molecular formula is C16H19ClN4O3S. The topological polar surface area (TPSA) is 84.4 Å². The molecular weight excluding hydrogens is 364 g/mol. The molecule has 0 atom stereocenters. The monoisotopic (exact) mass is 382 g/mol. The maximum Gasteiger partial charge on any atom is 0.243 e. The summed E-state index contributed by atoms with van der Waals surface area (Å²) in [6.07, 6.45) is 0. The summed E-state index contributed by atoms with van der Waals surface area (Å²) in [5.41, 5.74) is 0.938. The van der Waals surface area contributed by atoms with Crippen LogP contribution >= 0.6 is 11.6 Å². The van der Waals surface area contributed by atoms with Gasteiger partial charge in [0.25, 0.3) is 0 Å². The largest absolute Gasteiger partial charge is 0.379 e. The lowest BCUT2D eigenvalue weighted by Gasteiger charge is -2.26. The number of ether oxygens (including phenoxy) is 1. The highest BCUT2D eigenvalue weighted by atomic mass is 35.5. The van der Waals surface area contributed by atoms with Crippen LogP contribution in [0.5, 0.6) is 0 Å². The number of hydrogen-bond acceptors (Lipinski definition) is 6. The molecule has 2 aromatic rings. The van der Waals surface area contributed by atoms with Gasteiger partial charge in [0.15, 0.2) is 0 Å². The lowest BCUT2D eigenvalue weighted by atomic mass is 10.2. The number of benzene rings is 1. The van der Waals surface area contributed by atoms with Gasteiger partial charge in [-0.25, -0.2) is 18.4 Å². The molecule has 1 aliphatic heterocycles. The predicted molar refractivity (Wildman–Crippen MR) is 95.1 cm³/mol. The molecule has 0 amide bonds. The van der Waals surface area contributed by atoms with Gasteiger partial charge in [0.05, 0.1) is 18.1 Å². The molecule has 9 heteroatoms. The molecule has 0 saturated carbocycles. The van der Waals surface area contributed by atoms with Crippen LogP contribution in [0.1, 0.15) is 11.4 Å². The average Bonchev–Trinajstić information content (AvgIpc) is 2.60. The molecule has 7 nitrogen and oxygen atoms in total. The van der Waals surface area contributed by atoms with Crippen molar-refractivity contribution in [3.05, 3.63) is 46.9 Å². The van der Waals surface area contributed by atoms with Crippen molar-refractivity contribution in [1.29, 1.82) is 0 Å².